The van der Waals surface area contributed by atoms with Gasteiger partial charge < -0.3 is 19.9 Å². The average Bonchev–Trinajstić information content (AvgIpc) is 2.44. The molecule has 1 N–H and O–H groups in total. The van der Waals surface area contributed by atoms with Gasteiger partial charge in [-0.05, 0) is 33.2 Å². The Bertz CT molecular complexity index is 331. The molecule has 0 bridgehead atoms. The minimum atomic E-state index is -0.101. The summed E-state index contributed by atoms with van der Waals surface area (Å²) < 4.78 is 5.30. The van der Waals surface area contributed by atoms with Crippen molar-refractivity contribution in [1.29, 1.82) is 0 Å². The third kappa shape index (κ3) is 3.71. The number of likely N-dealkylation sites (tertiary alicyclic amines) is 1. The lowest BCUT2D eigenvalue weighted by Crippen LogP contribution is -2.57. The van der Waals surface area contributed by atoms with E-state index in [-0.39, 0.29) is 11.9 Å². The van der Waals surface area contributed by atoms with Gasteiger partial charge in [-0.25, -0.2) is 0 Å². The van der Waals surface area contributed by atoms with Gasteiger partial charge in [0.1, 0.15) is 0 Å². The molecular weight excluding hydrogens is 254 g/mol. The van der Waals surface area contributed by atoms with Gasteiger partial charge >= 0.3 is 0 Å². The van der Waals surface area contributed by atoms with E-state index in [1.165, 1.54) is 0 Å². The largest absolute Gasteiger partial charge is 0.378 e. The topological polar surface area (TPSA) is 44.8 Å². The number of hydrogen-bond acceptors (Lipinski definition) is 4. The van der Waals surface area contributed by atoms with Crippen LogP contribution in [-0.2, 0) is 9.53 Å². The lowest BCUT2D eigenvalue weighted by molar-refractivity contribution is -0.137. The highest BCUT2D eigenvalue weighted by Crippen LogP contribution is 2.21. The van der Waals surface area contributed by atoms with E-state index in [0.29, 0.717) is 31.2 Å². The third-order valence-corrected chi connectivity index (χ3v) is 4.77. The van der Waals surface area contributed by atoms with Crippen LogP contribution >= 0.6 is 0 Å². The molecule has 0 saturated carbocycles. The van der Waals surface area contributed by atoms with E-state index in [0.717, 1.165) is 26.1 Å². The number of nitrogens with zero attached hydrogens (tertiary/aromatic N) is 2. The molecule has 2 saturated heterocycles. The maximum Gasteiger partial charge on any atom is 0.239 e. The highest BCUT2D eigenvalue weighted by atomic mass is 16.5. The summed E-state index contributed by atoms with van der Waals surface area (Å²) in [5.41, 5.74) is 0. The monoisotopic (exact) mass is 283 g/mol. The molecular formula is C15H29N3O2. The highest BCUT2D eigenvalue weighted by Gasteiger charge is 2.32. The predicted octanol–water partition coefficient (Wildman–Crippen LogP) is 0.552. The van der Waals surface area contributed by atoms with Crippen molar-refractivity contribution in [3.8, 4) is 0 Å². The molecule has 0 radical (unpaired) electrons. The van der Waals surface area contributed by atoms with Crippen LogP contribution in [0.5, 0.6) is 0 Å². The molecule has 4 atom stereocenters. The fourth-order valence-corrected chi connectivity index (χ4v) is 3.22. The molecule has 2 rings (SSSR count). The zero-order valence-electron chi connectivity index (χ0n) is 13.3. The molecule has 0 aromatic carbocycles. The maximum absolute atomic E-state index is 12.4. The molecule has 0 spiro atoms. The Morgan fingerprint density at radius 2 is 1.95 bits per heavy atom. The lowest BCUT2D eigenvalue weighted by atomic mass is 9.89. The van der Waals surface area contributed by atoms with E-state index >= 15 is 0 Å². The van der Waals surface area contributed by atoms with Crippen LogP contribution in [0, 0.1) is 5.92 Å². The van der Waals surface area contributed by atoms with Gasteiger partial charge in [0.05, 0.1) is 19.3 Å². The summed E-state index contributed by atoms with van der Waals surface area (Å²) in [5, 5.41) is 3.56. The molecule has 1 amide bonds. The van der Waals surface area contributed by atoms with E-state index < -0.39 is 0 Å². The standard InChI is InChI=1S/C15H29N3O2/c1-11-10-17(4)12(2)9-14(11)16-13(3)15(19)18-5-7-20-8-6-18/h11-14,16H,5-10H2,1-4H3. The first-order valence-corrected chi connectivity index (χ1v) is 7.82. The number of nitrogens with one attached hydrogen (secondary N) is 1. The SMILES string of the molecule is CC(NC1CC(C)N(C)CC1C)C(=O)N1CCOCC1. The molecule has 5 nitrogen and oxygen atoms in total. The average molecular weight is 283 g/mol. The summed E-state index contributed by atoms with van der Waals surface area (Å²) >= 11 is 0. The first kappa shape index (κ1) is 15.7. The number of piperidine rings is 1. The van der Waals surface area contributed by atoms with Gasteiger partial charge in [-0.15, -0.1) is 0 Å². The van der Waals surface area contributed by atoms with Crippen LogP contribution in [0.3, 0.4) is 0 Å². The fraction of sp³-hybridized carbons (Fsp3) is 0.933. The fourth-order valence-electron chi connectivity index (χ4n) is 3.22. The van der Waals surface area contributed by atoms with Crippen molar-refractivity contribution in [1.82, 2.24) is 15.1 Å². The molecule has 116 valence electrons. The second-order valence-electron chi connectivity index (χ2n) is 6.43. The Labute approximate surface area is 122 Å². The lowest BCUT2D eigenvalue weighted by Gasteiger charge is -2.41. The zero-order chi connectivity index (χ0) is 14.7. The zero-order valence-corrected chi connectivity index (χ0v) is 13.3. The number of ether oxygens (including phenoxy) is 1. The molecule has 20 heavy (non-hydrogen) atoms. The van der Waals surface area contributed by atoms with Gasteiger partial charge in [-0.1, -0.05) is 6.92 Å². The van der Waals surface area contributed by atoms with Crippen LogP contribution in [0.15, 0.2) is 0 Å². The Hall–Kier alpha value is -0.650. The van der Waals surface area contributed by atoms with E-state index in [1.54, 1.807) is 0 Å². The minimum absolute atomic E-state index is 0.101. The number of rotatable bonds is 3. The van der Waals surface area contributed by atoms with Crippen LogP contribution in [0.25, 0.3) is 0 Å². The van der Waals surface area contributed by atoms with Gasteiger partial charge in [-0.3, -0.25) is 4.79 Å². The van der Waals surface area contributed by atoms with E-state index in [1.807, 2.05) is 11.8 Å². The normalized spacial score (nSPS) is 34.0. The van der Waals surface area contributed by atoms with Crippen molar-refractivity contribution in [3.05, 3.63) is 0 Å². The van der Waals surface area contributed by atoms with E-state index in [2.05, 4.69) is 31.1 Å². The Morgan fingerprint density at radius 1 is 1.30 bits per heavy atom. The Kier molecular flexibility index (Phi) is 5.41. The van der Waals surface area contributed by atoms with Crippen molar-refractivity contribution < 1.29 is 9.53 Å². The Morgan fingerprint density at radius 3 is 2.60 bits per heavy atom. The van der Waals surface area contributed by atoms with Crippen LogP contribution in [0.1, 0.15) is 27.2 Å². The van der Waals surface area contributed by atoms with Crippen molar-refractivity contribution in [2.24, 2.45) is 5.92 Å². The molecule has 5 heteroatoms. The van der Waals surface area contributed by atoms with Gasteiger partial charge in [0, 0.05) is 31.7 Å². The van der Waals surface area contributed by atoms with Gasteiger partial charge in [0.2, 0.25) is 5.91 Å². The van der Waals surface area contributed by atoms with Crippen LogP contribution in [0.4, 0.5) is 0 Å². The molecule has 2 aliphatic rings. The van der Waals surface area contributed by atoms with Crippen molar-refractivity contribution in [2.75, 3.05) is 39.9 Å². The predicted molar refractivity (Wildman–Crippen MR) is 79.7 cm³/mol. The van der Waals surface area contributed by atoms with Crippen LogP contribution in [0.2, 0.25) is 0 Å². The van der Waals surface area contributed by atoms with Crippen molar-refractivity contribution in [3.63, 3.8) is 0 Å². The summed E-state index contributed by atoms with van der Waals surface area (Å²) in [6, 6.07) is 0.909. The third-order valence-electron chi connectivity index (χ3n) is 4.77. The Balaban J connectivity index is 1.86. The number of carbonyl (C=O) groups excluding carboxylic acids is 1. The molecule has 2 fully saturated rings. The quantitative estimate of drug-likeness (QED) is 0.822. The first-order valence-electron chi connectivity index (χ1n) is 7.82. The van der Waals surface area contributed by atoms with E-state index in [9.17, 15) is 4.79 Å². The van der Waals surface area contributed by atoms with Gasteiger partial charge in [0.25, 0.3) is 0 Å². The maximum atomic E-state index is 12.4. The van der Waals surface area contributed by atoms with Crippen LogP contribution in [-0.4, -0.2) is 73.7 Å². The molecule has 0 aliphatic carbocycles. The van der Waals surface area contributed by atoms with E-state index in [4.69, 9.17) is 4.74 Å². The van der Waals surface area contributed by atoms with Crippen LogP contribution < -0.4 is 5.32 Å². The van der Waals surface area contributed by atoms with Crippen molar-refractivity contribution in [2.45, 2.75) is 45.3 Å². The number of carbonyl (C=O) groups is 1. The number of hydrogen-bond donors (Lipinski definition) is 1. The second-order valence-corrected chi connectivity index (χ2v) is 6.43. The van der Waals surface area contributed by atoms with Gasteiger partial charge in [0.15, 0.2) is 0 Å². The molecule has 2 heterocycles. The minimum Gasteiger partial charge on any atom is -0.378 e. The first-order chi connectivity index (χ1) is 9.49. The summed E-state index contributed by atoms with van der Waals surface area (Å²) in [7, 11) is 2.18. The highest BCUT2D eigenvalue weighted by molar-refractivity contribution is 5.81. The summed E-state index contributed by atoms with van der Waals surface area (Å²) in [6.07, 6.45) is 1.11. The second kappa shape index (κ2) is 6.87. The number of morpholine rings is 1. The molecule has 0 aromatic heterocycles. The number of amides is 1. The summed E-state index contributed by atoms with van der Waals surface area (Å²) in [6.45, 7) is 10.4. The molecule has 2 aliphatic heterocycles. The summed E-state index contributed by atoms with van der Waals surface area (Å²) in [4.78, 5) is 16.7. The molecule has 0 aromatic rings. The van der Waals surface area contributed by atoms with Gasteiger partial charge in [-0.2, -0.15) is 0 Å². The van der Waals surface area contributed by atoms with Crippen molar-refractivity contribution >= 4 is 5.91 Å². The summed E-state index contributed by atoms with van der Waals surface area (Å²) in [5.74, 6) is 0.795. The molecule has 4 unspecified atom stereocenters. The smallest absolute Gasteiger partial charge is 0.239 e.